The molecule has 5 heteroatoms. The first kappa shape index (κ1) is 13.0. The van der Waals surface area contributed by atoms with Crippen LogP contribution in [0, 0.1) is 6.92 Å². The molecular formula is C14H14N2O3. The summed E-state index contributed by atoms with van der Waals surface area (Å²) in [5.41, 5.74) is 2.42. The van der Waals surface area contributed by atoms with Gasteiger partial charge >= 0.3 is 5.97 Å². The van der Waals surface area contributed by atoms with Gasteiger partial charge in [-0.15, -0.1) is 10.2 Å². The Morgan fingerprint density at radius 1 is 1.37 bits per heavy atom. The summed E-state index contributed by atoms with van der Waals surface area (Å²) >= 11 is 0. The van der Waals surface area contributed by atoms with Crippen LogP contribution in [0.4, 0.5) is 0 Å². The van der Waals surface area contributed by atoms with Gasteiger partial charge in [-0.3, -0.25) is 0 Å². The van der Waals surface area contributed by atoms with E-state index in [0.29, 0.717) is 12.3 Å². The molecule has 2 rings (SSSR count). The molecule has 2 aromatic rings. The molecule has 0 aliphatic rings. The first-order valence-electron chi connectivity index (χ1n) is 5.92. The van der Waals surface area contributed by atoms with Crippen molar-refractivity contribution in [3.05, 3.63) is 53.2 Å². The molecular weight excluding hydrogens is 244 g/mol. The van der Waals surface area contributed by atoms with Crippen LogP contribution in [0.3, 0.4) is 0 Å². The van der Waals surface area contributed by atoms with Gasteiger partial charge in [-0.25, -0.2) is 4.79 Å². The van der Waals surface area contributed by atoms with Crippen LogP contribution in [0.5, 0.6) is 0 Å². The number of aryl methyl sites for hydroxylation is 3. The highest BCUT2D eigenvalue weighted by Gasteiger charge is 2.04. The minimum atomic E-state index is -1.04. The van der Waals surface area contributed by atoms with Crippen molar-refractivity contribution < 1.29 is 14.3 Å². The second kappa shape index (κ2) is 5.95. The van der Waals surface area contributed by atoms with Gasteiger partial charge in [0.15, 0.2) is 0 Å². The summed E-state index contributed by atoms with van der Waals surface area (Å²) in [6, 6.07) is 8.22. The van der Waals surface area contributed by atoms with Crippen molar-refractivity contribution in [2.24, 2.45) is 0 Å². The quantitative estimate of drug-likeness (QED) is 0.832. The fourth-order valence-corrected chi connectivity index (χ4v) is 1.70. The van der Waals surface area contributed by atoms with Crippen molar-refractivity contribution >= 4 is 12.0 Å². The van der Waals surface area contributed by atoms with Gasteiger partial charge < -0.3 is 9.52 Å². The van der Waals surface area contributed by atoms with Crippen LogP contribution in [-0.4, -0.2) is 21.3 Å². The number of carboxylic acids is 1. The molecule has 1 heterocycles. The molecule has 19 heavy (non-hydrogen) atoms. The Balaban J connectivity index is 1.95. The van der Waals surface area contributed by atoms with Crippen molar-refractivity contribution in [2.75, 3.05) is 0 Å². The predicted octanol–water partition coefficient (Wildman–Crippen LogP) is 2.26. The van der Waals surface area contributed by atoms with Crippen LogP contribution < -0.4 is 0 Å². The van der Waals surface area contributed by atoms with Crippen LogP contribution in [0.15, 0.2) is 34.8 Å². The minimum absolute atomic E-state index is 0.210. The van der Waals surface area contributed by atoms with Gasteiger partial charge in [0.2, 0.25) is 11.8 Å². The van der Waals surface area contributed by atoms with Gasteiger partial charge in [0.1, 0.15) is 0 Å². The lowest BCUT2D eigenvalue weighted by Crippen LogP contribution is -1.92. The Bertz CT molecular complexity index is 602. The zero-order valence-electron chi connectivity index (χ0n) is 10.5. The zero-order chi connectivity index (χ0) is 13.7. The van der Waals surface area contributed by atoms with E-state index in [1.165, 1.54) is 17.2 Å². The number of carboxylic acid groups (broad SMARTS) is 1. The van der Waals surface area contributed by atoms with E-state index in [0.717, 1.165) is 12.5 Å². The van der Waals surface area contributed by atoms with Crippen molar-refractivity contribution in [2.45, 2.75) is 19.8 Å². The molecule has 0 saturated heterocycles. The molecule has 1 aromatic carbocycles. The third-order valence-corrected chi connectivity index (χ3v) is 2.56. The summed E-state index contributed by atoms with van der Waals surface area (Å²) in [5, 5.41) is 16.1. The lowest BCUT2D eigenvalue weighted by molar-refractivity contribution is -0.131. The van der Waals surface area contributed by atoms with E-state index in [1.807, 2.05) is 19.1 Å². The topological polar surface area (TPSA) is 76.2 Å². The molecule has 0 atom stereocenters. The Labute approximate surface area is 110 Å². The van der Waals surface area contributed by atoms with Gasteiger partial charge in [-0.05, 0) is 18.9 Å². The molecule has 1 aromatic heterocycles. The second-order valence-electron chi connectivity index (χ2n) is 4.19. The average Bonchev–Trinajstić information content (AvgIpc) is 2.82. The number of rotatable bonds is 5. The summed E-state index contributed by atoms with van der Waals surface area (Å²) in [7, 11) is 0. The Morgan fingerprint density at radius 3 is 2.95 bits per heavy atom. The van der Waals surface area contributed by atoms with E-state index in [2.05, 4.69) is 22.3 Å². The molecule has 0 bridgehead atoms. The van der Waals surface area contributed by atoms with Crippen molar-refractivity contribution in [1.82, 2.24) is 10.2 Å². The SMILES string of the molecule is Cc1cccc(CCc2nnc(/C=C/C(=O)O)o2)c1. The fourth-order valence-electron chi connectivity index (χ4n) is 1.70. The van der Waals surface area contributed by atoms with Crippen LogP contribution in [0.1, 0.15) is 22.9 Å². The van der Waals surface area contributed by atoms with Crippen LogP contribution >= 0.6 is 0 Å². The third-order valence-electron chi connectivity index (χ3n) is 2.56. The number of carbonyl (C=O) groups is 1. The molecule has 0 amide bonds. The monoisotopic (exact) mass is 258 g/mol. The van der Waals surface area contributed by atoms with Crippen molar-refractivity contribution in [3.63, 3.8) is 0 Å². The van der Waals surface area contributed by atoms with E-state index in [4.69, 9.17) is 9.52 Å². The number of aromatic nitrogens is 2. The average molecular weight is 258 g/mol. The lowest BCUT2D eigenvalue weighted by Gasteiger charge is -1.99. The van der Waals surface area contributed by atoms with Crippen molar-refractivity contribution in [3.8, 4) is 0 Å². The number of hydrogen-bond acceptors (Lipinski definition) is 4. The summed E-state index contributed by atoms with van der Waals surface area (Å²) in [6.07, 6.45) is 3.70. The van der Waals surface area contributed by atoms with Gasteiger partial charge in [0, 0.05) is 18.6 Å². The third kappa shape index (κ3) is 4.06. The van der Waals surface area contributed by atoms with Crippen LogP contribution in [-0.2, 0) is 17.6 Å². The maximum atomic E-state index is 10.3. The van der Waals surface area contributed by atoms with Gasteiger partial charge in [0.25, 0.3) is 0 Å². The van der Waals surface area contributed by atoms with E-state index < -0.39 is 5.97 Å². The fraction of sp³-hybridized carbons (Fsp3) is 0.214. The first-order chi connectivity index (χ1) is 9.13. The van der Waals surface area contributed by atoms with E-state index in [-0.39, 0.29) is 5.89 Å². The molecule has 5 nitrogen and oxygen atoms in total. The maximum Gasteiger partial charge on any atom is 0.328 e. The molecule has 0 radical (unpaired) electrons. The summed E-state index contributed by atoms with van der Waals surface area (Å²) < 4.78 is 5.31. The normalized spacial score (nSPS) is 11.0. The minimum Gasteiger partial charge on any atom is -0.478 e. The number of hydrogen-bond donors (Lipinski definition) is 1. The molecule has 0 saturated carbocycles. The van der Waals surface area contributed by atoms with E-state index in [9.17, 15) is 4.79 Å². The van der Waals surface area contributed by atoms with Crippen molar-refractivity contribution in [1.29, 1.82) is 0 Å². The molecule has 98 valence electrons. The molecule has 0 unspecified atom stereocenters. The second-order valence-corrected chi connectivity index (χ2v) is 4.19. The highest BCUT2D eigenvalue weighted by Crippen LogP contribution is 2.09. The number of nitrogens with zero attached hydrogens (tertiary/aromatic N) is 2. The van der Waals surface area contributed by atoms with Gasteiger partial charge in [0.05, 0.1) is 0 Å². The molecule has 0 aliphatic carbocycles. The number of benzene rings is 1. The molecule has 0 spiro atoms. The van der Waals surface area contributed by atoms with E-state index >= 15 is 0 Å². The van der Waals surface area contributed by atoms with E-state index in [1.54, 1.807) is 0 Å². The van der Waals surface area contributed by atoms with Crippen LogP contribution in [0.25, 0.3) is 6.08 Å². The summed E-state index contributed by atoms with van der Waals surface area (Å²) in [5.74, 6) is -0.326. The summed E-state index contributed by atoms with van der Waals surface area (Å²) in [4.78, 5) is 10.3. The zero-order valence-corrected chi connectivity index (χ0v) is 10.5. The maximum absolute atomic E-state index is 10.3. The first-order valence-corrected chi connectivity index (χ1v) is 5.92. The largest absolute Gasteiger partial charge is 0.478 e. The summed E-state index contributed by atoms with van der Waals surface area (Å²) in [6.45, 7) is 2.05. The number of aliphatic carboxylic acids is 1. The van der Waals surface area contributed by atoms with Crippen LogP contribution in [0.2, 0.25) is 0 Å². The smallest absolute Gasteiger partial charge is 0.328 e. The van der Waals surface area contributed by atoms with Gasteiger partial charge in [-0.1, -0.05) is 29.8 Å². The lowest BCUT2D eigenvalue weighted by atomic mass is 10.1. The van der Waals surface area contributed by atoms with Gasteiger partial charge in [-0.2, -0.15) is 0 Å². The molecule has 0 aliphatic heterocycles. The standard InChI is InChI=1S/C14H14N2O3/c1-10-3-2-4-11(9-10)5-6-12-15-16-13(19-12)7-8-14(17)18/h2-4,7-9H,5-6H2,1H3,(H,17,18)/b8-7+. The molecule has 1 N–H and O–H groups in total. The highest BCUT2D eigenvalue weighted by molar-refractivity contribution is 5.84. The Morgan fingerprint density at radius 2 is 2.21 bits per heavy atom. The molecule has 0 fully saturated rings. The Hall–Kier alpha value is -2.43. The Kier molecular flexibility index (Phi) is 4.07. The highest BCUT2D eigenvalue weighted by atomic mass is 16.4. The predicted molar refractivity (Wildman–Crippen MR) is 69.6 cm³/mol.